The first kappa shape index (κ1) is 17.4. The summed E-state index contributed by atoms with van der Waals surface area (Å²) >= 11 is 0. The van der Waals surface area contributed by atoms with Gasteiger partial charge in [0.1, 0.15) is 36.0 Å². The lowest BCUT2D eigenvalue weighted by Crippen LogP contribution is -2.06. The molecule has 0 saturated carbocycles. The van der Waals surface area contributed by atoms with E-state index in [0.29, 0.717) is 22.6 Å². The van der Waals surface area contributed by atoms with Crippen molar-refractivity contribution in [1.29, 1.82) is 0 Å². The summed E-state index contributed by atoms with van der Waals surface area (Å²) < 4.78 is 11.3. The maximum absolute atomic E-state index is 11.4. The van der Waals surface area contributed by atoms with E-state index in [1.54, 1.807) is 18.2 Å². The first-order chi connectivity index (χ1) is 12.6. The predicted molar refractivity (Wildman–Crippen MR) is 96.6 cm³/mol. The van der Waals surface area contributed by atoms with Crippen LogP contribution in [0.2, 0.25) is 0 Å². The van der Waals surface area contributed by atoms with Gasteiger partial charge in [-0.15, -0.1) is 0 Å². The van der Waals surface area contributed by atoms with E-state index >= 15 is 0 Å². The normalized spacial score (nSPS) is 10.3. The molecule has 0 aliphatic carbocycles. The summed E-state index contributed by atoms with van der Waals surface area (Å²) in [5.74, 6) is -0.184. The van der Waals surface area contributed by atoms with Gasteiger partial charge >= 0.3 is 5.97 Å². The van der Waals surface area contributed by atoms with Crippen molar-refractivity contribution in [3.63, 3.8) is 0 Å². The number of aromatic hydroxyl groups is 1. The second-order valence-electron chi connectivity index (χ2n) is 5.66. The zero-order chi connectivity index (χ0) is 18.4. The first-order valence-electron chi connectivity index (χ1n) is 8.07. The van der Waals surface area contributed by atoms with Crippen molar-refractivity contribution >= 4 is 5.97 Å². The number of phenols is 1. The van der Waals surface area contributed by atoms with E-state index in [1.807, 2.05) is 48.5 Å². The molecular weight excluding hydrogens is 332 g/mol. The van der Waals surface area contributed by atoms with Gasteiger partial charge in [0.25, 0.3) is 0 Å². The number of ether oxygens (including phenoxy) is 2. The van der Waals surface area contributed by atoms with Gasteiger partial charge in [0, 0.05) is 5.56 Å². The van der Waals surface area contributed by atoms with Crippen LogP contribution in [0.5, 0.6) is 17.2 Å². The molecule has 0 bridgehead atoms. The third-order valence-electron chi connectivity index (χ3n) is 3.77. The van der Waals surface area contributed by atoms with E-state index in [2.05, 4.69) is 0 Å². The summed E-state index contributed by atoms with van der Waals surface area (Å²) in [7, 11) is 0. The standard InChI is InChI=1S/C21H18O5/c22-20-16(14-26-18-9-5-2-6-10-18)11-15(12-19(20)21(23)24)13-25-17-7-3-1-4-8-17/h1-12,22H,13-14H2,(H,23,24). The molecule has 0 aliphatic rings. The van der Waals surface area contributed by atoms with E-state index < -0.39 is 5.97 Å². The van der Waals surface area contributed by atoms with E-state index in [1.165, 1.54) is 6.07 Å². The topological polar surface area (TPSA) is 76.0 Å². The number of carboxylic acids is 1. The van der Waals surface area contributed by atoms with Crippen molar-refractivity contribution in [2.45, 2.75) is 13.2 Å². The minimum absolute atomic E-state index is 0.0509. The predicted octanol–water partition coefficient (Wildman–Crippen LogP) is 4.25. The molecule has 0 radical (unpaired) electrons. The highest BCUT2D eigenvalue weighted by molar-refractivity contribution is 5.91. The van der Waals surface area contributed by atoms with Crippen molar-refractivity contribution in [2.24, 2.45) is 0 Å². The summed E-state index contributed by atoms with van der Waals surface area (Å²) in [5.41, 5.74) is 0.849. The number of carboxylic acid groups (broad SMARTS) is 1. The Balaban J connectivity index is 1.80. The van der Waals surface area contributed by atoms with E-state index in [0.717, 1.165) is 0 Å². The minimum atomic E-state index is -1.20. The van der Waals surface area contributed by atoms with Crippen LogP contribution in [0.25, 0.3) is 0 Å². The molecule has 0 aromatic heterocycles. The summed E-state index contributed by atoms with van der Waals surface area (Å²) in [6.45, 7) is 0.234. The maximum Gasteiger partial charge on any atom is 0.339 e. The van der Waals surface area contributed by atoms with Crippen LogP contribution in [0.3, 0.4) is 0 Å². The van der Waals surface area contributed by atoms with Crippen molar-refractivity contribution in [3.05, 3.63) is 89.5 Å². The highest BCUT2D eigenvalue weighted by Gasteiger charge is 2.16. The van der Waals surface area contributed by atoms with Gasteiger partial charge in [-0.1, -0.05) is 36.4 Å². The number of hydrogen-bond acceptors (Lipinski definition) is 4. The van der Waals surface area contributed by atoms with Crippen LogP contribution in [-0.2, 0) is 13.2 Å². The highest BCUT2D eigenvalue weighted by Crippen LogP contribution is 2.27. The van der Waals surface area contributed by atoms with Gasteiger partial charge < -0.3 is 19.7 Å². The molecule has 0 fully saturated rings. The lowest BCUT2D eigenvalue weighted by Gasteiger charge is -2.13. The fourth-order valence-corrected chi connectivity index (χ4v) is 2.48. The molecule has 2 N–H and O–H groups in total. The molecule has 0 atom stereocenters. The lowest BCUT2D eigenvalue weighted by molar-refractivity contribution is 0.0693. The van der Waals surface area contributed by atoms with Crippen LogP contribution < -0.4 is 9.47 Å². The summed E-state index contributed by atoms with van der Waals surface area (Å²) in [6, 6.07) is 21.4. The van der Waals surface area contributed by atoms with Crippen LogP contribution in [0.15, 0.2) is 72.8 Å². The molecule has 0 aliphatic heterocycles. The highest BCUT2D eigenvalue weighted by atomic mass is 16.5. The van der Waals surface area contributed by atoms with Gasteiger partial charge in [0.15, 0.2) is 0 Å². The zero-order valence-electron chi connectivity index (χ0n) is 14.0. The minimum Gasteiger partial charge on any atom is -0.507 e. The molecule has 5 nitrogen and oxygen atoms in total. The monoisotopic (exact) mass is 350 g/mol. The Morgan fingerprint density at radius 3 is 1.88 bits per heavy atom. The summed E-state index contributed by atoms with van der Waals surface area (Å²) in [4.78, 5) is 11.4. The number of carbonyl (C=O) groups is 1. The van der Waals surface area contributed by atoms with Crippen LogP contribution in [0.4, 0.5) is 0 Å². The second kappa shape index (κ2) is 8.07. The molecule has 0 amide bonds. The molecule has 0 heterocycles. The van der Waals surface area contributed by atoms with Crippen LogP contribution in [0, 0.1) is 0 Å². The van der Waals surface area contributed by atoms with Crippen LogP contribution in [-0.4, -0.2) is 16.2 Å². The van der Waals surface area contributed by atoms with Crippen molar-refractivity contribution < 1.29 is 24.5 Å². The third kappa shape index (κ3) is 4.33. The largest absolute Gasteiger partial charge is 0.507 e. The molecule has 0 saturated heterocycles. The van der Waals surface area contributed by atoms with E-state index in [9.17, 15) is 15.0 Å². The van der Waals surface area contributed by atoms with Crippen molar-refractivity contribution in [1.82, 2.24) is 0 Å². The van der Waals surface area contributed by atoms with Gasteiger partial charge in [-0.3, -0.25) is 0 Å². The summed E-state index contributed by atoms with van der Waals surface area (Å²) in [5, 5.41) is 19.6. The SMILES string of the molecule is O=C(O)c1cc(COc2ccccc2)cc(COc2ccccc2)c1O. The van der Waals surface area contributed by atoms with Crippen molar-refractivity contribution in [3.8, 4) is 17.2 Å². The fourth-order valence-electron chi connectivity index (χ4n) is 2.48. The number of aromatic carboxylic acids is 1. The van der Waals surface area contributed by atoms with E-state index in [-0.39, 0.29) is 24.5 Å². The summed E-state index contributed by atoms with van der Waals surface area (Å²) in [6.07, 6.45) is 0. The maximum atomic E-state index is 11.4. The molecule has 26 heavy (non-hydrogen) atoms. The Kier molecular flexibility index (Phi) is 5.39. The number of benzene rings is 3. The smallest absolute Gasteiger partial charge is 0.339 e. The van der Waals surface area contributed by atoms with E-state index in [4.69, 9.17) is 9.47 Å². The Hall–Kier alpha value is -3.47. The molecule has 0 unspecified atom stereocenters. The van der Waals surface area contributed by atoms with Gasteiger partial charge in [0.05, 0.1) is 0 Å². The lowest BCUT2D eigenvalue weighted by atomic mass is 10.0. The Morgan fingerprint density at radius 1 is 0.808 bits per heavy atom. The molecule has 132 valence electrons. The molecule has 3 aromatic carbocycles. The molecular formula is C21H18O5. The number of para-hydroxylation sites is 2. The Bertz CT molecular complexity index is 876. The molecule has 3 rings (SSSR count). The van der Waals surface area contributed by atoms with Crippen molar-refractivity contribution in [2.75, 3.05) is 0 Å². The first-order valence-corrected chi connectivity index (χ1v) is 8.07. The number of hydrogen-bond donors (Lipinski definition) is 2. The number of rotatable bonds is 7. The van der Waals surface area contributed by atoms with Gasteiger partial charge in [-0.2, -0.15) is 0 Å². The Morgan fingerprint density at radius 2 is 1.35 bits per heavy atom. The Labute approximate surface area is 151 Å². The van der Waals surface area contributed by atoms with Gasteiger partial charge in [-0.05, 0) is 42.0 Å². The average Bonchev–Trinajstić information content (AvgIpc) is 2.67. The van der Waals surface area contributed by atoms with Gasteiger partial charge in [0.2, 0.25) is 0 Å². The third-order valence-corrected chi connectivity index (χ3v) is 3.77. The van der Waals surface area contributed by atoms with Crippen LogP contribution >= 0.6 is 0 Å². The second-order valence-corrected chi connectivity index (χ2v) is 5.66. The van der Waals surface area contributed by atoms with Gasteiger partial charge in [-0.25, -0.2) is 4.79 Å². The molecule has 0 spiro atoms. The zero-order valence-corrected chi connectivity index (χ0v) is 14.0. The molecule has 3 aromatic rings. The average molecular weight is 350 g/mol. The fraction of sp³-hybridized carbons (Fsp3) is 0.0952. The molecule has 5 heteroatoms. The quantitative estimate of drug-likeness (QED) is 0.666. The van der Waals surface area contributed by atoms with Crippen LogP contribution in [0.1, 0.15) is 21.5 Å².